The highest BCUT2D eigenvalue weighted by Gasteiger charge is 2.16. The molecule has 21 heavy (non-hydrogen) atoms. The Labute approximate surface area is 120 Å². The van der Waals surface area contributed by atoms with Crippen LogP contribution in [0.5, 0.6) is 5.88 Å². The van der Waals surface area contributed by atoms with E-state index in [-0.39, 0.29) is 27.5 Å². The summed E-state index contributed by atoms with van der Waals surface area (Å²) in [6, 6.07) is 3.08. The van der Waals surface area contributed by atoms with Gasteiger partial charge in [0.2, 0.25) is 11.8 Å². The molecule has 1 aromatic carbocycles. The number of H-pyrrole nitrogens is 1. The molecular formula is C12H6ClF3N4O. The van der Waals surface area contributed by atoms with Crippen LogP contribution in [0.25, 0.3) is 22.2 Å². The lowest BCUT2D eigenvalue weighted by molar-refractivity contribution is -0.0530. The number of aromatic amines is 1. The quantitative estimate of drug-likeness (QED) is 0.804. The van der Waals surface area contributed by atoms with E-state index in [0.717, 1.165) is 6.20 Å². The first-order valence-corrected chi connectivity index (χ1v) is 6.03. The molecule has 0 radical (unpaired) electrons. The number of hydrogen-bond donors (Lipinski definition) is 1. The number of nitrogens with zero attached hydrogens (tertiary/aromatic N) is 3. The maximum Gasteiger partial charge on any atom is 0.388 e. The molecule has 0 aliphatic rings. The van der Waals surface area contributed by atoms with Gasteiger partial charge in [-0.25, -0.2) is 9.97 Å². The van der Waals surface area contributed by atoms with E-state index in [1.54, 1.807) is 6.07 Å². The van der Waals surface area contributed by atoms with Crippen molar-refractivity contribution in [2.24, 2.45) is 0 Å². The van der Waals surface area contributed by atoms with Crippen molar-refractivity contribution in [1.82, 2.24) is 20.2 Å². The molecule has 0 amide bonds. The zero-order valence-electron chi connectivity index (χ0n) is 10.1. The van der Waals surface area contributed by atoms with E-state index in [1.165, 1.54) is 12.3 Å². The lowest BCUT2D eigenvalue weighted by atomic mass is 10.1. The van der Waals surface area contributed by atoms with Gasteiger partial charge >= 0.3 is 6.61 Å². The first kappa shape index (κ1) is 13.6. The van der Waals surface area contributed by atoms with Crippen LogP contribution in [0.2, 0.25) is 5.02 Å². The van der Waals surface area contributed by atoms with E-state index in [9.17, 15) is 13.2 Å². The highest BCUT2D eigenvalue weighted by atomic mass is 35.5. The van der Waals surface area contributed by atoms with Gasteiger partial charge in [-0.2, -0.15) is 18.3 Å². The number of halogens is 4. The average molecular weight is 315 g/mol. The smallest absolute Gasteiger partial charge is 0.388 e. The summed E-state index contributed by atoms with van der Waals surface area (Å²) in [5, 5.41) is 6.38. The summed E-state index contributed by atoms with van der Waals surface area (Å²) >= 11 is 5.92. The first-order chi connectivity index (χ1) is 10.1. The molecule has 0 unspecified atom stereocenters. The Morgan fingerprint density at radius 2 is 2.00 bits per heavy atom. The second kappa shape index (κ2) is 5.21. The molecule has 0 aliphatic carbocycles. The summed E-state index contributed by atoms with van der Waals surface area (Å²) in [5.74, 6) is -0.996. The Hall–Kier alpha value is -2.35. The van der Waals surface area contributed by atoms with Crippen LogP contribution in [0.1, 0.15) is 0 Å². The Bertz CT molecular complexity index is 791. The Kier molecular flexibility index (Phi) is 3.38. The minimum absolute atomic E-state index is 0.152. The molecule has 0 saturated carbocycles. The zero-order valence-corrected chi connectivity index (χ0v) is 10.9. The first-order valence-electron chi connectivity index (χ1n) is 5.65. The molecule has 0 fully saturated rings. The van der Waals surface area contributed by atoms with Gasteiger partial charge in [0.15, 0.2) is 0 Å². The number of fused-ring (bicyclic) bond motifs is 1. The fourth-order valence-electron chi connectivity index (χ4n) is 1.88. The minimum atomic E-state index is -2.99. The summed E-state index contributed by atoms with van der Waals surface area (Å²) in [7, 11) is 0. The van der Waals surface area contributed by atoms with Gasteiger partial charge in [-0.05, 0) is 6.07 Å². The van der Waals surface area contributed by atoms with Gasteiger partial charge in [0.1, 0.15) is 5.52 Å². The number of benzene rings is 1. The van der Waals surface area contributed by atoms with E-state index >= 15 is 0 Å². The second-order valence-corrected chi connectivity index (χ2v) is 4.38. The summed E-state index contributed by atoms with van der Waals surface area (Å²) in [4.78, 5) is 7.62. The molecule has 9 heteroatoms. The highest BCUT2D eigenvalue weighted by Crippen LogP contribution is 2.32. The van der Waals surface area contributed by atoms with Crippen LogP contribution in [0.4, 0.5) is 13.2 Å². The minimum Gasteiger partial charge on any atom is -0.415 e. The molecule has 1 N–H and O–H groups in total. The number of ether oxygens (including phenoxy) is 1. The summed E-state index contributed by atoms with van der Waals surface area (Å²) in [6.07, 6.45) is 2.23. The molecule has 0 spiro atoms. The van der Waals surface area contributed by atoms with E-state index in [2.05, 4.69) is 24.9 Å². The normalized spacial score (nSPS) is 11.3. The number of aromatic nitrogens is 4. The van der Waals surface area contributed by atoms with Crippen molar-refractivity contribution in [2.75, 3.05) is 0 Å². The van der Waals surface area contributed by atoms with Crippen molar-refractivity contribution < 1.29 is 17.9 Å². The molecule has 3 aromatic rings. The van der Waals surface area contributed by atoms with Gasteiger partial charge in [-0.15, -0.1) is 0 Å². The van der Waals surface area contributed by atoms with Gasteiger partial charge < -0.3 is 4.74 Å². The maximum atomic E-state index is 13.8. The molecule has 2 aromatic heterocycles. The van der Waals surface area contributed by atoms with Crippen LogP contribution in [-0.2, 0) is 0 Å². The molecular weight excluding hydrogens is 309 g/mol. The average Bonchev–Trinajstić information content (AvgIpc) is 2.83. The SMILES string of the molecule is Fc1[nH]nc2c(Cl)ccc(-c3cnc(OC(F)F)cn3)c12. The standard InChI is InChI=1S/C12H6ClF3N4O/c13-6-2-1-5(9-10(6)19-20-11(9)14)7-3-18-8(4-17-7)21-12(15)16/h1-4,12H,(H,19,20). The lowest BCUT2D eigenvalue weighted by Crippen LogP contribution is -2.04. The van der Waals surface area contributed by atoms with Crippen LogP contribution < -0.4 is 4.74 Å². The number of hydrogen-bond acceptors (Lipinski definition) is 4. The molecule has 0 saturated heterocycles. The Morgan fingerprint density at radius 1 is 1.19 bits per heavy atom. The molecule has 0 aliphatic heterocycles. The molecule has 5 nitrogen and oxygen atoms in total. The lowest BCUT2D eigenvalue weighted by Gasteiger charge is -2.05. The summed E-state index contributed by atoms with van der Waals surface area (Å²) in [6.45, 7) is -2.99. The van der Waals surface area contributed by atoms with Gasteiger partial charge in [-0.1, -0.05) is 17.7 Å². The molecule has 108 valence electrons. The second-order valence-electron chi connectivity index (χ2n) is 3.97. The van der Waals surface area contributed by atoms with Crippen LogP contribution in [0.3, 0.4) is 0 Å². The topological polar surface area (TPSA) is 63.7 Å². The molecule has 0 atom stereocenters. The predicted octanol–water partition coefficient (Wildman–Crippen LogP) is 3.41. The summed E-state index contributed by atoms with van der Waals surface area (Å²) in [5.41, 5.74) is 0.914. The van der Waals surface area contributed by atoms with Gasteiger partial charge in [0.05, 0.1) is 28.5 Å². The zero-order chi connectivity index (χ0) is 15.0. The number of rotatable bonds is 3. The van der Waals surface area contributed by atoms with Gasteiger partial charge in [0, 0.05) is 5.56 Å². The van der Waals surface area contributed by atoms with Crippen molar-refractivity contribution in [3.8, 4) is 17.1 Å². The van der Waals surface area contributed by atoms with Crippen molar-refractivity contribution in [3.05, 3.63) is 35.5 Å². The van der Waals surface area contributed by atoms with E-state index < -0.39 is 12.6 Å². The number of alkyl halides is 2. The third-order valence-electron chi connectivity index (χ3n) is 2.73. The maximum absolute atomic E-state index is 13.8. The van der Waals surface area contributed by atoms with E-state index in [0.29, 0.717) is 5.56 Å². The van der Waals surface area contributed by atoms with Gasteiger partial charge in [-0.3, -0.25) is 5.10 Å². The van der Waals surface area contributed by atoms with Crippen molar-refractivity contribution >= 4 is 22.5 Å². The fraction of sp³-hybridized carbons (Fsp3) is 0.0833. The summed E-state index contributed by atoms with van der Waals surface area (Å²) < 4.78 is 42.0. The third-order valence-corrected chi connectivity index (χ3v) is 3.03. The van der Waals surface area contributed by atoms with Gasteiger partial charge in [0.25, 0.3) is 0 Å². The fourth-order valence-corrected chi connectivity index (χ4v) is 2.08. The highest BCUT2D eigenvalue weighted by molar-refractivity contribution is 6.35. The van der Waals surface area contributed by atoms with Crippen molar-refractivity contribution in [1.29, 1.82) is 0 Å². The monoisotopic (exact) mass is 314 g/mol. The Morgan fingerprint density at radius 3 is 2.67 bits per heavy atom. The largest absolute Gasteiger partial charge is 0.415 e. The van der Waals surface area contributed by atoms with Crippen molar-refractivity contribution in [3.63, 3.8) is 0 Å². The number of nitrogens with one attached hydrogen (secondary N) is 1. The van der Waals surface area contributed by atoms with Crippen LogP contribution in [0.15, 0.2) is 24.5 Å². The van der Waals surface area contributed by atoms with Crippen molar-refractivity contribution in [2.45, 2.75) is 6.61 Å². The third kappa shape index (κ3) is 2.49. The van der Waals surface area contributed by atoms with Crippen LogP contribution in [0, 0.1) is 5.95 Å². The van der Waals surface area contributed by atoms with Crippen LogP contribution >= 0.6 is 11.6 Å². The predicted molar refractivity (Wildman–Crippen MR) is 68.7 cm³/mol. The van der Waals surface area contributed by atoms with E-state index in [4.69, 9.17) is 11.6 Å². The Balaban J connectivity index is 2.08. The van der Waals surface area contributed by atoms with Crippen LogP contribution in [-0.4, -0.2) is 26.8 Å². The molecule has 0 bridgehead atoms. The molecule has 3 rings (SSSR count). The molecule has 2 heterocycles. The van der Waals surface area contributed by atoms with E-state index in [1.807, 2.05) is 0 Å².